The number of rotatable bonds is 3. The maximum absolute atomic E-state index is 13.4. The highest BCUT2D eigenvalue weighted by Crippen LogP contribution is 2.33. The van der Waals surface area contributed by atoms with Crippen molar-refractivity contribution in [3.63, 3.8) is 0 Å². The summed E-state index contributed by atoms with van der Waals surface area (Å²) in [6.07, 6.45) is 3.31. The minimum absolute atomic E-state index is 0.184. The van der Waals surface area contributed by atoms with Crippen LogP contribution in [-0.4, -0.2) is 33.6 Å². The highest BCUT2D eigenvalue weighted by atomic mass is 19.1. The Hall–Kier alpha value is -3.02. The van der Waals surface area contributed by atoms with Gasteiger partial charge in [-0.3, -0.25) is 0 Å². The van der Waals surface area contributed by atoms with Crippen molar-refractivity contribution in [2.75, 3.05) is 11.4 Å². The first-order valence-corrected chi connectivity index (χ1v) is 9.10. The predicted octanol–water partition coefficient (Wildman–Crippen LogP) is 4.51. The molecule has 1 N–H and O–H groups in total. The van der Waals surface area contributed by atoms with E-state index >= 15 is 0 Å². The second kappa shape index (κ2) is 6.95. The standard InChI is InChI=1S/C21H20FN3O2/c1-13-4-2-3-11-25(13)20-19(14-5-8-16(22)9-6-14)23-17-10-7-15(21(26)27)12-18(17)24-20/h5-10,12-13H,2-4,11H2,1H3,(H,26,27)/t13-/m1/s1. The largest absolute Gasteiger partial charge is 0.478 e. The van der Waals surface area contributed by atoms with E-state index in [1.807, 2.05) is 0 Å². The number of aromatic nitrogens is 2. The van der Waals surface area contributed by atoms with Gasteiger partial charge in [0.05, 0.1) is 16.6 Å². The van der Waals surface area contributed by atoms with Crippen LogP contribution in [0.1, 0.15) is 36.5 Å². The Morgan fingerprint density at radius 1 is 1.11 bits per heavy atom. The van der Waals surface area contributed by atoms with Gasteiger partial charge in [-0.2, -0.15) is 0 Å². The average Bonchev–Trinajstić information content (AvgIpc) is 2.67. The van der Waals surface area contributed by atoms with Crippen LogP contribution in [-0.2, 0) is 0 Å². The number of benzene rings is 2. The fraction of sp³-hybridized carbons (Fsp3) is 0.286. The Balaban J connectivity index is 1.93. The zero-order valence-electron chi connectivity index (χ0n) is 15.0. The number of hydrogen-bond donors (Lipinski definition) is 1. The normalized spacial score (nSPS) is 17.3. The Labute approximate surface area is 156 Å². The number of carboxylic acid groups (broad SMARTS) is 1. The van der Waals surface area contributed by atoms with Crippen LogP contribution in [0.4, 0.5) is 10.2 Å². The maximum atomic E-state index is 13.4. The molecule has 2 aromatic carbocycles. The van der Waals surface area contributed by atoms with Crippen molar-refractivity contribution >= 4 is 22.8 Å². The number of carboxylic acids is 1. The van der Waals surface area contributed by atoms with E-state index < -0.39 is 5.97 Å². The summed E-state index contributed by atoms with van der Waals surface area (Å²) in [6, 6.07) is 11.3. The SMILES string of the molecule is C[C@@H]1CCCCN1c1nc2cc(C(=O)O)ccc2nc1-c1ccc(F)cc1. The number of aromatic carboxylic acids is 1. The number of carbonyl (C=O) groups is 1. The highest BCUT2D eigenvalue weighted by molar-refractivity contribution is 5.93. The third kappa shape index (κ3) is 3.35. The topological polar surface area (TPSA) is 66.3 Å². The van der Waals surface area contributed by atoms with Gasteiger partial charge in [-0.25, -0.2) is 19.2 Å². The molecule has 1 aliphatic heterocycles. The highest BCUT2D eigenvalue weighted by Gasteiger charge is 2.24. The quantitative estimate of drug-likeness (QED) is 0.739. The summed E-state index contributed by atoms with van der Waals surface area (Å²) in [6.45, 7) is 3.03. The molecule has 3 aromatic rings. The van der Waals surface area contributed by atoms with Gasteiger partial charge < -0.3 is 10.0 Å². The van der Waals surface area contributed by atoms with E-state index in [2.05, 4.69) is 11.8 Å². The molecule has 0 amide bonds. The first-order chi connectivity index (χ1) is 13.0. The molecular weight excluding hydrogens is 345 g/mol. The lowest BCUT2D eigenvalue weighted by Crippen LogP contribution is -2.38. The molecule has 1 aliphatic rings. The van der Waals surface area contributed by atoms with Gasteiger partial charge in [0, 0.05) is 18.2 Å². The molecule has 1 atom stereocenters. The van der Waals surface area contributed by atoms with Crippen molar-refractivity contribution in [3.05, 3.63) is 53.8 Å². The summed E-state index contributed by atoms with van der Waals surface area (Å²) < 4.78 is 13.4. The lowest BCUT2D eigenvalue weighted by Gasteiger charge is -2.35. The van der Waals surface area contributed by atoms with Crippen LogP contribution in [0.5, 0.6) is 0 Å². The molecule has 0 spiro atoms. The van der Waals surface area contributed by atoms with E-state index in [0.717, 1.165) is 30.8 Å². The summed E-state index contributed by atoms with van der Waals surface area (Å²) >= 11 is 0. The first kappa shape index (κ1) is 17.4. The molecule has 1 aromatic heterocycles. The van der Waals surface area contributed by atoms with Crippen LogP contribution < -0.4 is 4.90 Å². The lowest BCUT2D eigenvalue weighted by atomic mass is 10.0. The van der Waals surface area contributed by atoms with Gasteiger partial charge in [0.2, 0.25) is 0 Å². The molecule has 27 heavy (non-hydrogen) atoms. The number of hydrogen-bond acceptors (Lipinski definition) is 4. The van der Waals surface area contributed by atoms with Crippen molar-refractivity contribution in [1.82, 2.24) is 9.97 Å². The number of nitrogens with zero attached hydrogens (tertiary/aromatic N) is 3. The van der Waals surface area contributed by atoms with Crippen molar-refractivity contribution < 1.29 is 14.3 Å². The monoisotopic (exact) mass is 365 g/mol. The van der Waals surface area contributed by atoms with E-state index in [4.69, 9.17) is 9.97 Å². The fourth-order valence-electron chi connectivity index (χ4n) is 3.59. The zero-order valence-corrected chi connectivity index (χ0v) is 15.0. The summed E-state index contributed by atoms with van der Waals surface area (Å²) in [4.78, 5) is 23.1. The van der Waals surface area contributed by atoms with Crippen LogP contribution in [0.2, 0.25) is 0 Å². The fourth-order valence-corrected chi connectivity index (χ4v) is 3.59. The predicted molar refractivity (Wildman–Crippen MR) is 103 cm³/mol. The van der Waals surface area contributed by atoms with Gasteiger partial charge in [0.1, 0.15) is 11.5 Å². The minimum atomic E-state index is -0.991. The average molecular weight is 365 g/mol. The summed E-state index contributed by atoms with van der Waals surface area (Å²) in [5, 5.41) is 9.27. The molecule has 0 unspecified atom stereocenters. The molecule has 1 fully saturated rings. The second-order valence-corrected chi connectivity index (χ2v) is 6.95. The van der Waals surface area contributed by atoms with Crippen molar-refractivity contribution in [3.8, 4) is 11.3 Å². The van der Waals surface area contributed by atoms with Gasteiger partial charge in [-0.15, -0.1) is 0 Å². The number of halogens is 1. The third-order valence-corrected chi connectivity index (χ3v) is 5.09. The van der Waals surface area contributed by atoms with Crippen molar-refractivity contribution in [2.45, 2.75) is 32.2 Å². The van der Waals surface area contributed by atoms with Crippen molar-refractivity contribution in [1.29, 1.82) is 0 Å². The first-order valence-electron chi connectivity index (χ1n) is 9.10. The zero-order chi connectivity index (χ0) is 19.0. The smallest absolute Gasteiger partial charge is 0.335 e. The van der Waals surface area contributed by atoms with E-state index in [9.17, 15) is 14.3 Å². The van der Waals surface area contributed by atoms with Crippen LogP contribution in [0.25, 0.3) is 22.3 Å². The minimum Gasteiger partial charge on any atom is -0.478 e. The van der Waals surface area contributed by atoms with E-state index in [1.54, 1.807) is 24.3 Å². The molecule has 6 heteroatoms. The molecule has 5 nitrogen and oxygen atoms in total. The van der Waals surface area contributed by atoms with Gasteiger partial charge >= 0.3 is 5.97 Å². The van der Waals surface area contributed by atoms with Gasteiger partial charge in [-0.05, 0) is 68.7 Å². The van der Waals surface area contributed by atoms with Gasteiger partial charge in [-0.1, -0.05) is 0 Å². The second-order valence-electron chi connectivity index (χ2n) is 6.95. The molecular formula is C21H20FN3O2. The van der Waals surface area contributed by atoms with Gasteiger partial charge in [0.15, 0.2) is 5.82 Å². The van der Waals surface area contributed by atoms with Crippen LogP contribution >= 0.6 is 0 Å². The summed E-state index contributed by atoms with van der Waals surface area (Å²) in [5.41, 5.74) is 2.84. The molecule has 2 heterocycles. The number of fused-ring (bicyclic) bond motifs is 1. The maximum Gasteiger partial charge on any atom is 0.335 e. The third-order valence-electron chi connectivity index (χ3n) is 5.09. The molecule has 1 saturated heterocycles. The van der Waals surface area contributed by atoms with E-state index in [1.165, 1.54) is 24.6 Å². The Morgan fingerprint density at radius 2 is 1.89 bits per heavy atom. The molecule has 0 aliphatic carbocycles. The summed E-state index contributed by atoms with van der Waals surface area (Å²) in [5.74, 6) is -0.565. The van der Waals surface area contributed by atoms with Crippen LogP contribution in [0, 0.1) is 5.82 Å². The van der Waals surface area contributed by atoms with Crippen LogP contribution in [0.15, 0.2) is 42.5 Å². The van der Waals surface area contributed by atoms with Crippen molar-refractivity contribution in [2.24, 2.45) is 0 Å². The number of anilines is 1. The molecule has 138 valence electrons. The molecule has 0 radical (unpaired) electrons. The van der Waals surface area contributed by atoms with E-state index in [-0.39, 0.29) is 11.4 Å². The Morgan fingerprint density at radius 3 is 2.59 bits per heavy atom. The Bertz CT molecular complexity index is 1000. The number of piperidine rings is 1. The molecule has 4 rings (SSSR count). The molecule has 0 bridgehead atoms. The Kier molecular flexibility index (Phi) is 4.48. The lowest BCUT2D eigenvalue weighted by molar-refractivity contribution is 0.0697. The molecule has 0 saturated carbocycles. The van der Waals surface area contributed by atoms with E-state index in [0.29, 0.717) is 22.8 Å². The van der Waals surface area contributed by atoms with Gasteiger partial charge in [0.25, 0.3) is 0 Å². The van der Waals surface area contributed by atoms with Crippen LogP contribution in [0.3, 0.4) is 0 Å². The summed E-state index contributed by atoms with van der Waals surface area (Å²) in [7, 11) is 0.